The van der Waals surface area contributed by atoms with Gasteiger partial charge in [-0.3, -0.25) is 0 Å². The summed E-state index contributed by atoms with van der Waals surface area (Å²) < 4.78 is 26.8. The zero-order valence-electron chi connectivity index (χ0n) is 13.1. The molecular formula is C14H24ClN3O2S. The van der Waals surface area contributed by atoms with E-state index in [4.69, 9.17) is 17.3 Å². The van der Waals surface area contributed by atoms with Crippen molar-refractivity contribution in [3.63, 3.8) is 0 Å². The first-order chi connectivity index (χ1) is 9.70. The third kappa shape index (κ3) is 4.57. The SMILES string of the molecule is CCN(CCCN(C)C)S(=O)(=O)c1cc(C)c(Cl)c(N)c1. The van der Waals surface area contributed by atoms with Crippen molar-refractivity contribution in [2.24, 2.45) is 0 Å². The van der Waals surface area contributed by atoms with Crippen LogP contribution in [0.4, 0.5) is 5.69 Å². The van der Waals surface area contributed by atoms with Gasteiger partial charge in [-0.15, -0.1) is 0 Å². The average molecular weight is 334 g/mol. The van der Waals surface area contributed by atoms with Crippen LogP contribution in [0.2, 0.25) is 5.02 Å². The quantitative estimate of drug-likeness (QED) is 0.777. The molecule has 0 radical (unpaired) electrons. The molecule has 0 saturated carbocycles. The van der Waals surface area contributed by atoms with Gasteiger partial charge in [0.15, 0.2) is 0 Å². The van der Waals surface area contributed by atoms with Crippen LogP contribution >= 0.6 is 11.6 Å². The van der Waals surface area contributed by atoms with Crippen LogP contribution in [0.3, 0.4) is 0 Å². The lowest BCUT2D eigenvalue weighted by atomic mass is 10.2. The summed E-state index contributed by atoms with van der Waals surface area (Å²) in [7, 11) is 0.398. The van der Waals surface area contributed by atoms with E-state index >= 15 is 0 Å². The van der Waals surface area contributed by atoms with Gasteiger partial charge in [0.2, 0.25) is 10.0 Å². The number of sulfonamides is 1. The van der Waals surface area contributed by atoms with Crippen LogP contribution in [-0.2, 0) is 10.0 Å². The first-order valence-corrected chi connectivity index (χ1v) is 8.72. The Bertz CT molecular complexity index is 565. The fourth-order valence-corrected chi connectivity index (χ4v) is 3.79. The molecule has 0 unspecified atom stereocenters. The summed E-state index contributed by atoms with van der Waals surface area (Å²) in [5.41, 5.74) is 6.74. The summed E-state index contributed by atoms with van der Waals surface area (Å²) in [6, 6.07) is 3.00. The number of benzene rings is 1. The second-order valence-corrected chi connectivity index (χ2v) is 7.61. The van der Waals surface area contributed by atoms with Crippen molar-refractivity contribution >= 4 is 27.3 Å². The highest BCUT2D eigenvalue weighted by Crippen LogP contribution is 2.28. The van der Waals surface area contributed by atoms with E-state index < -0.39 is 10.0 Å². The smallest absolute Gasteiger partial charge is 0.243 e. The highest BCUT2D eigenvalue weighted by molar-refractivity contribution is 7.89. The van der Waals surface area contributed by atoms with Gasteiger partial charge in [0.1, 0.15) is 0 Å². The molecule has 1 aromatic rings. The molecule has 5 nitrogen and oxygen atoms in total. The Balaban J connectivity index is 3.02. The van der Waals surface area contributed by atoms with Crippen LogP contribution in [0, 0.1) is 6.92 Å². The molecule has 2 N–H and O–H groups in total. The molecule has 21 heavy (non-hydrogen) atoms. The van der Waals surface area contributed by atoms with Gasteiger partial charge >= 0.3 is 0 Å². The fourth-order valence-electron chi connectivity index (χ4n) is 2.07. The first kappa shape index (κ1) is 18.2. The zero-order chi connectivity index (χ0) is 16.2. The number of hydrogen-bond donors (Lipinski definition) is 1. The molecule has 1 rings (SSSR count). The molecule has 0 aliphatic carbocycles. The summed E-state index contributed by atoms with van der Waals surface area (Å²) >= 11 is 5.99. The zero-order valence-corrected chi connectivity index (χ0v) is 14.6. The van der Waals surface area contributed by atoms with Gasteiger partial charge in [-0.25, -0.2) is 8.42 Å². The number of nitrogens with zero attached hydrogens (tertiary/aromatic N) is 2. The summed E-state index contributed by atoms with van der Waals surface area (Å²) in [5, 5.41) is 0.407. The van der Waals surface area contributed by atoms with E-state index in [1.54, 1.807) is 13.0 Å². The lowest BCUT2D eigenvalue weighted by Crippen LogP contribution is -2.33. The minimum absolute atomic E-state index is 0.202. The van der Waals surface area contributed by atoms with Gasteiger partial charge in [0, 0.05) is 13.1 Å². The molecule has 0 saturated heterocycles. The molecule has 0 atom stereocenters. The van der Waals surface area contributed by atoms with Crippen molar-refractivity contribution in [3.8, 4) is 0 Å². The van der Waals surface area contributed by atoms with E-state index in [-0.39, 0.29) is 4.90 Å². The molecule has 120 valence electrons. The number of hydrogen-bond acceptors (Lipinski definition) is 4. The van der Waals surface area contributed by atoms with Crippen molar-refractivity contribution in [2.45, 2.75) is 25.2 Å². The maximum absolute atomic E-state index is 12.7. The lowest BCUT2D eigenvalue weighted by Gasteiger charge is -2.22. The molecule has 0 aliphatic heterocycles. The largest absolute Gasteiger partial charge is 0.397 e. The Morgan fingerprint density at radius 2 is 1.86 bits per heavy atom. The van der Waals surface area contributed by atoms with Gasteiger partial charge in [0.05, 0.1) is 15.6 Å². The Hall–Kier alpha value is -0.820. The third-order valence-corrected chi connectivity index (χ3v) is 5.73. The van der Waals surface area contributed by atoms with Gasteiger partial charge in [0.25, 0.3) is 0 Å². The summed E-state index contributed by atoms with van der Waals surface area (Å²) in [4.78, 5) is 2.24. The molecule has 7 heteroatoms. The summed E-state index contributed by atoms with van der Waals surface area (Å²) in [5.74, 6) is 0. The second-order valence-electron chi connectivity index (χ2n) is 5.30. The molecular weight excluding hydrogens is 310 g/mol. The van der Waals surface area contributed by atoms with Crippen molar-refractivity contribution < 1.29 is 8.42 Å². The van der Waals surface area contributed by atoms with Crippen LogP contribution in [0.5, 0.6) is 0 Å². The van der Waals surface area contributed by atoms with Gasteiger partial charge in [-0.05, 0) is 51.7 Å². The topological polar surface area (TPSA) is 66.6 Å². The Labute approximate surface area is 132 Å². The van der Waals surface area contributed by atoms with Crippen LogP contribution < -0.4 is 5.73 Å². The fraction of sp³-hybridized carbons (Fsp3) is 0.571. The Morgan fingerprint density at radius 3 is 2.33 bits per heavy atom. The van der Waals surface area contributed by atoms with Crippen molar-refractivity contribution in [2.75, 3.05) is 39.5 Å². The third-order valence-electron chi connectivity index (χ3n) is 3.26. The summed E-state index contributed by atoms with van der Waals surface area (Å²) in [6.45, 7) is 5.34. The monoisotopic (exact) mass is 333 g/mol. The van der Waals surface area contributed by atoms with Crippen molar-refractivity contribution in [3.05, 3.63) is 22.7 Å². The number of nitrogen functional groups attached to an aromatic ring is 1. The second kappa shape index (κ2) is 7.45. The molecule has 0 fully saturated rings. The van der Waals surface area contributed by atoms with E-state index in [0.717, 1.165) is 13.0 Å². The summed E-state index contributed by atoms with van der Waals surface area (Å²) in [6.07, 6.45) is 0.780. The Kier molecular flexibility index (Phi) is 6.46. The standard InChI is InChI=1S/C14H24ClN3O2S/c1-5-18(8-6-7-17(3)4)21(19,20)12-9-11(2)14(15)13(16)10-12/h9-10H,5-8,16H2,1-4H3. The maximum atomic E-state index is 12.7. The first-order valence-electron chi connectivity index (χ1n) is 6.90. The van der Waals surface area contributed by atoms with E-state index in [1.165, 1.54) is 10.4 Å². The lowest BCUT2D eigenvalue weighted by molar-refractivity contribution is 0.356. The predicted molar refractivity (Wildman–Crippen MR) is 88.2 cm³/mol. The molecule has 0 amide bonds. The van der Waals surface area contributed by atoms with Crippen LogP contribution in [-0.4, -0.2) is 51.4 Å². The van der Waals surface area contributed by atoms with Crippen LogP contribution in [0.25, 0.3) is 0 Å². The van der Waals surface area contributed by atoms with Crippen molar-refractivity contribution in [1.29, 1.82) is 0 Å². The molecule has 0 spiro atoms. The Morgan fingerprint density at radius 1 is 1.24 bits per heavy atom. The van der Waals surface area contributed by atoms with E-state index in [0.29, 0.717) is 29.4 Å². The molecule has 0 bridgehead atoms. The number of rotatable bonds is 7. The van der Waals surface area contributed by atoms with Crippen molar-refractivity contribution in [1.82, 2.24) is 9.21 Å². The molecule has 0 aliphatic rings. The van der Waals surface area contributed by atoms with Gasteiger partial charge in [-0.2, -0.15) is 4.31 Å². The number of nitrogens with two attached hydrogens (primary N) is 1. The predicted octanol–water partition coefficient (Wildman–Crippen LogP) is 2.19. The van der Waals surface area contributed by atoms with Crippen LogP contribution in [0.15, 0.2) is 17.0 Å². The minimum Gasteiger partial charge on any atom is -0.397 e. The number of aryl methyl sites for hydroxylation is 1. The van der Waals surface area contributed by atoms with Gasteiger partial charge in [-0.1, -0.05) is 18.5 Å². The maximum Gasteiger partial charge on any atom is 0.243 e. The van der Waals surface area contributed by atoms with E-state index in [9.17, 15) is 8.42 Å². The molecule has 0 aromatic heterocycles. The van der Waals surface area contributed by atoms with E-state index in [2.05, 4.69) is 0 Å². The normalized spacial score (nSPS) is 12.3. The minimum atomic E-state index is -3.53. The molecule has 0 heterocycles. The number of anilines is 1. The molecule has 1 aromatic carbocycles. The van der Waals surface area contributed by atoms with Gasteiger partial charge < -0.3 is 10.6 Å². The highest BCUT2D eigenvalue weighted by Gasteiger charge is 2.24. The average Bonchev–Trinajstić information content (AvgIpc) is 2.39. The van der Waals surface area contributed by atoms with Crippen LogP contribution in [0.1, 0.15) is 18.9 Å². The number of halogens is 1. The highest BCUT2D eigenvalue weighted by atomic mass is 35.5. The van der Waals surface area contributed by atoms with E-state index in [1.807, 2.05) is 25.9 Å².